The molecule has 1 rings (SSSR count). The van der Waals surface area contributed by atoms with Gasteiger partial charge in [-0.3, -0.25) is 9.59 Å². The minimum Gasteiger partial charge on any atom is -0.375 e. The van der Waals surface area contributed by atoms with Crippen LogP contribution in [0, 0.1) is 6.92 Å². The summed E-state index contributed by atoms with van der Waals surface area (Å²) >= 11 is 0.959. The lowest BCUT2D eigenvalue weighted by atomic mass is 10.3. The first-order valence-electron chi connectivity index (χ1n) is 5.42. The van der Waals surface area contributed by atoms with E-state index in [1.165, 1.54) is 7.05 Å². The summed E-state index contributed by atoms with van der Waals surface area (Å²) in [5.74, 6) is -1.41. The van der Waals surface area contributed by atoms with Crippen LogP contribution < -0.4 is 11.1 Å². The topological polar surface area (TPSA) is 88.3 Å². The Hall–Kier alpha value is -1.84. The Morgan fingerprint density at radius 2 is 2.05 bits per heavy atom. The number of anilines is 1. The van der Waals surface area contributed by atoms with Crippen molar-refractivity contribution in [3.8, 4) is 0 Å². The highest BCUT2D eigenvalue weighted by atomic mass is 32.1. The lowest BCUT2D eigenvalue weighted by Crippen LogP contribution is -2.41. The minimum atomic E-state index is -4.49. The third-order valence-corrected chi connectivity index (χ3v) is 3.20. The number of rotatable bonds is 4. The van der Waals surface area contributed by atoms with Gasteiger partial charge in [0.25, 0.3) is 5.91 Å². The van der Waals surface area contributed by atoms with Crippen LogP contribution in [-0.2, 0) is 4.79 Å². The summed E-state index contributed by atoms with van der Waals surface area (Å²) < 4.78 is 35.8. The lowest BCUT2D eigenvalue weighted by Gasteiger charge is -2.16. The Morgan fingerprint density at radius 1 is 1.45 bits per heavy atom. The maximum atomic E-state index is 12.0. The molecule has 0 aliphatic heterocycles. The van der Waals surface area contributed by atoms with Gasteiger partial charge in [-0.1, -0.05) is 11.3 Å². The van der Waals surface area contributed by atoms with Crippen LogP contribution >= 0.6 is 11.3 Å². The predicted octanol–water partition coefficient (Wildman–Crippen LogP) is 0.784. The van der Waals surface area contributed by atoms with E-state index in [0.717, 1.165) is 16.2 Å². The molecule has 0 atom stereocenters. The van der Waals surface area contributed by atoms with Crippen molar-refractivity contribution in [2.45, 2.75) is 13.1 Å². The minimum absolute atomic E-state index is 0.209. The van der Waals surface area contributed by atoms with Gasteiger partial charge in [0.2, 0.25) is 5.91 Å². The Balaban J connectivity index is 2.58. The molecule has 0 saturated heterocycles. The largest absolute Gasteiger partial charge is 0.405 e. The molecule has 112 valence electrons. The first-order valence-corrected chi connectivity index (χ1v) is 6.23. The Labute approximate surface area is 116 Å². The molecule has 10 heteroatoms. The van der Waals surface area contributed by atoms with Gasteiger partial charge >= 0.3 is 6.18 Å². The molecular formula is C10H13F3N4O2S. The molecular weight excluding hydrogens is 297 g/mol. The van der Waals surface area contributed by atoms with E-state index in [2.05, 4.69) is 4.98 Å². The number of carbonyl (C=O) groups excluding carboxylic acids is 2. The van der Waals surface area contributed by atoms with Crippen LogP contribution in [0.25, 0.3) is 0 Å². The highest BCUT2D eigenvalue weighted by Gasteiger charge is 2.28. The number of carbonyl (C=O) groups is 2. The monoisotopic (exact) mass is 310 g/mol. The molecule has 3 N–H and O–H groups in total. The van der Waals surface area contributed by atoms with Gasteiger partial charge in [-0.15, -0.1) is 0 Å². The molecule has 0 unspecified atom stereocenters. The molecule has 1 aromatic heterocycles. The van der Waals surface area contributed by atoms with Gasteiger partial charge in [-0.05, 0) is 6.92 Å². The van der Waals surface area contributed by atoms with Crippen molar-refractivity contribution in [2.75, 3.05) is 25.9 Å². The van der Waals surface area contributed by atoms with E-state index in [1.807, 2.05) is 0 Å². The first-order chi connectivity index (χ1) is 9.10. The van der Waals surface area contributed by atoms with Crippen molar-refractivity contribution >= 4 is 28.3 Å². The summed E-state index contributed by atoms with van der Waals surface area (Å²) in [5, 5.41) is 1.89. The van der Waals surface area contributed by atoms with Crippen LogP contribution in [0.2, 0.25) is 0 Å². The molecule has 0 spiro atoms. The van der Waals surface area contributed by atoms with Gasteiger partial charge in [-0.2, -0.15) is 13.2 Å². The highest BCUT2D eigenvalue weighted by molar-refractivity contribution is 7.17. The van der Waals surface area contributed by atoms with Crippen LogP contribution in [0.3, 0.4) is 0 Å². The number of hydrogen-bond acceptors (Lipinski definition) is 5. The third kappa shape index (κ3) is 4.68. The highest BCUT2D eigenvalue weighted by Crippen LogP contribution is 2.20. The predicted molar refractivity (Wildman–Crippen MR) is 67.3 cm³/mol. The van der Waals surface area contributed by atoms with Crippen LogP contribution in [0.15, 0.2) is 0 Å². The number of aromatic nitrogens is 1. The maximum absolute atomic E-state index is 12.0. The number of nitrogens with zero attached hydrogens (tertiary/aromatic N) is 2. The number of nitrogens with two attached hydrogens (primary N) is 1. The number of nitrogens with one attached hydrogen (secondary N) is 1. The van der Waals surface area contributed by atoms with E-state index in [-0.39, 0.29) is 10.0 Å². The quantitative estimate of drug-likeness (QED) is 0.860. The van der Waals surface area contributed by atoms with E-state index in [0.29, 0.717) is 5.69 Å². The fraction of sp³-hybridized carbons (Fsp3) is 0.500. The molecule has 1 heterocycles. The summed E-state index contributed by atoms with van der Waals surface area (Å²) in [6.07, 6.45) is -4.49. The summed E-state index contributed by atoms with van der Waals surface area (Å²) in [6, 6.07) is 0. The third-order valence-electron chi connectivity index (χ3n) is 2.22. The van der Waals surface area contributed by atoms with E-state index >= 15 is 0 Å². The Bertz CT molecular complexity index is 515. The number of hydrogen-bond donors (Lipinski definition) is 2. The van der Waals surface area contributed by atoms with Crippen LogP contribution in [0.1, 0.15) is 15.4 Å². The van der Waals surface area contributed by atoms with Gasteiger partial charge in [0.05, 0.1) is 12.2 Å². The van der Waals surface area contributed by atoms with Crippen molar-refractivity contribution in [1.82, 2.24) is 15.2 Å². The first kappa shape index (κ1) is 16.2. The standard InChI is InChI=1S/C10H13F3N4O2S/c1-5-7(20-9(14)16-5)8(19)17(2)3-6(18)15-4-10(11,12)13/h3-4H2,1-2H3,(H2,14,16)(H,15,18). The van der Waals surface area contributed by atoms with E-state index < -0.39 is 31.1 Å². The number of nitrogen functional groups attached to an aromatic ring is 1. The summed E-state index contributed by atoms with van der Waals surface area (Å²) in [5.41, 5.74) is 5.86. The molecule has 1 aromatic rings. The second-order valence-corrected chi connectivity index (χ2v) is 5.05. The van der Waals surface area contributed by atoms with Gasteiger partial charge in [0, 0.05) is 7.05 Å². The second kappa shape index (κ2) is 6.07. The normalized spacial score (nSPS) is 11.2. The second-order valence-electron chi connectivity index (χ2n) is 4.02. The molecule has 0 fully saturated rings. The van der Waals surface area contributed by atoms with E-state index in [1.54, 1.807) is 12.2 Å². The molecule has 0 saturated carbocycles. The average molecular weight is 310 g/mol. The smallest absolute Gasteiger partial charge is 0.375 e. The Morgan fingerprint density at radius 3 is 2.50 bits per heavy atom. The number of thiazole rings is 1. The molecule has 0 radical (unpaired) electrons. The maximum Gasteiger partial charge on any atom is 0.405 e. The fourth-order valence-corrected chi connectivity index (χ4v) is 2.16. The zero-order valence-corrected chi connectivity index (χ0v) is 11.6. The van der Waals surface area contributed by atoms with Crippen LogP contribution in [0.5, 0.6) is 0 Å². The van der Waals surface area contributed by atoms with Crippen LogP contribution in [-0.4, -0.2) is 48.0 Å². The van der Waals surface area contributed by atoms with Crippen molar-refractivity contribution < 1.29 is 22.8 Å². The van der Waals surface area contributed by atoms with E-state index in [9.17, 15) is 22.8 Å². The molecule has 20 heavy (non-hydrogen) atoms. The van der Waals surface area contributed by atoms with Gasteiger partial charge in [-0.25, -0.2) is 4.98 Å². The van der Waals surface area contributed by atoms with Gasteiger partial charge in [0.1, 0.15) is 11.4 Å². The summed E-state index contributed by atoms with van der Waals surface area (Å²) in [7, 11) is 1.31. The molecule has 0 bridgehead atoms. The van der Waals surface area contributed by atoms with Gasteiger partial charge in [0.15, 0.2) is 5.13 Å². The molecule has 0 aliphatic rings. The molecule has 2 amide bonds. The van der Waals surface area contributed by atoms with Crippen molar-refractivity contribution in [3.63, 3.8) is 0 Å². The van der Waals surface area contributed by atoms with E-state index in [4.69, 9.17) is 5.73 Å². The summed E-state index contributed by atoms with van der Waals surface area (Å²) in [6.45, 7) is -0.329. The number of halogens is 3. The Kier molecular flexibility index (Phi) is 4.93. The zero-order valence-electron chi connectivity index (χ0n) is 10.7. The zero-order chi connectivity index (χ0) is 15.5. The lowest BCUT2D eigenvalue weighted by molar-refractivity contribution is -0.138. The SMILES string of the molecule is Cc1nc(N)sc1C(=O)N(C)CC(=O)NCC(F)(F)F. The van der Waals surface area contributed by atoms with Crippen molar-refractivity contribution in [2.24, 2.45) is 0 Å². The van der Waals surface area contributed by atoms with Gasteiger partial charge < -0.3 is 16.0 Å². The number of likely N-dealkylation sites (N-methyl/N-ethyl adjacent to an activating group) is 1. The summed E-state index contributed by atoms with van der Waals surface area (Å²) in [4.78, 5) is 28.4. The average Bonchev–Trinajstić information content (AvgIpc) is 2.64. The van der Waals surface area contributed by atoms with Crippen molar-refractivity contribution in [3.05, 3.63) is 10.6 Å². The van der Waals surface area contributed by atoms with Crippen molar-refractivity contribution in [1.29, 1.82) is 0 Å². The number of alkyl halides is 3. The molecule has 0 aromatic carbocycles. The fourth-order valence-electron chi connectivity index (χ4n) is 1.33. The molecule has 0 aliphatic carbocycles. The number of amides is 2. The van der Waals surface area contributed by atoms with Crippen LogP contribution in [0.4, 0.5) is 18.3 Å². The number of aryl methyl sites for hydroxylation is 1. The molecule has 6 nitrogen and oxygen atoms in total.